The lowest BCUT2D eigenvalue weighted by atomic mass is 10.2. The van der Waals surface area contributed by atoms with Gasteiger partial charge in [0.2, 0.25) is 5.56 Å². The van der Waals surface area contributed by atoms with Gasteiger partial charge in [0.1, 0.15) is 19.2 Å². The average Bonchev–Trinajstić information content (AvgIpc) is 1.94. The first-order chi connectivity index (χ1) is 5.59. The molecule has 1 aliphatic heterocycles. The van der Waals surface area contributed by atoms with Crippen LogP contribution >= 0.6 is 11.6 Å². The molecule has 1 heterocycles. The normalized spacial score (nSPS) is 21.9. The quantitative estimate of drug-likeness (QED) is 0.287. The summed E-state index contributed by atoms with van der Waals surface area (Å²) in [5, 5.41) is 22.5. The maximum Gasteiger partial charge on any atom is 0.275 e. The minimum atomic E-state index is -0.592. The number of alkyl halides is 1. The van der Waals surface area contributed by atoms with Crippen LogP contribution in [0.5, 0.6) is 0 Å². The van der Waals surface area contributed by atoms with E-state index in [1.54, 1.807) is 6.92 Å². The molecular formula is C5H11ClN3O3+. The lowest BCUT2D eigenvalue weighted by molar-refractivity contribution is -0.949. The molecule has 1 rings (SSSR count). The third-order valence-corrected chi connectivity index (χ3v) is 1.44. The second kappa shape index (κ2) is 3.77. The molecule has 0 aromatic rings. The largest absolute Gasteiger partial charge is 0.389 e. The van der Waals surface area contributed by atoms with Crippen molar-refractivity contribution in [1.82, 2.24) is 5.01 Å². The van der Waals surface area contributed by atoms with Gasteiger partial charge in [-0.05, 0) is 6.92 Å². The SMILES string of the molecule is CC(Cl)O/N=[N+](\O)N1CC(O)C1. The Bertz CT molecular complexity index is 181. The summed E-state index contributed by atoms with van der Waals surface area (Å²) < 4.78 is 0. The van der Waals surface area contributed by atoms with E-state index in [1.165, 1.54) is 5.01 Å². The Kier molecular flexibility index (Phi) is 2.93. The second-order valence-corrected chi connectivity index (χ2v) is 3.14. The van der Waals surface area contributed by atoms with Crippen molar-refractivity contribution in [1.29, 1.82) is 0 Å². The lowest BCUT2D eigenvalue weighted by Gasteiger charge is -2.26. The van der Waals surface area contributed by atoms with Crippen LogP contribution < -0.4 is 0 Å². The van der Waals surface area contributed by atoms with E-state index in [-0.39, 0.29) is 0 Å². The number of rotatable bonds is 3. The smallest absolute Gasteiger partial charge is 0.275 e. The van der Waals surface area contributed by atoms with Crippen LogP contribution in [0.4, 0.5) is 0 Å². The van der Waals surface area contributed by atoms with Crippen LogP contribution in [-0.4, -0.2) is 45.0 Å². The molecule has 0 bridgehead atoms. The van der Waals surface area contributed by atoms with Gasteiger partial charge in [-0.2, -0.15) is 0 Å². The van der Waals surface area contributed by atoms with E-state index in [0.717, 1.165) is 0 Å². The molecule has 7 heteroatoms. The van der Waals surface area contributed by atoms with Crippen LogP contribution in [0.25, 0.3) is 0 Å². The fourth-order valence-electron chi connectivity index (χ4n) is 0.738. The summed E-state index contributed by atoms with van der Waals surface area (Å²) in [7, 11) is 0. The predicted octanol–water partition coefficient (Wildman–Crippen LogP) is -0.0518. The number of hydrogen-bond donors (Lipinski definition) is 2. The maximum absolute atomic E-state index is 9.03. The zero-order valence-corrected chi connectivity index (χ0v) is 7.35. The van der Waals surface area contributed by atoms with E-state index in [0.29, 0.717) is 18.1 Å². The first-order valence-corrected chi connectivity index (χ1v) is 3.96. The van der Waals surface area contributed by atoms with E-state index in [2.05, 4.69) is 10.1 Å². The van der Waals surface area contributed by atoms with Crippen LogP contribution in [0.15, 0.2) is 5.28 Å². The zero-order valence-electron chi connectivity index (χ0n) is 6.59. The molecule has 0 aromatic carbocycles. The molecule has 0 radical (unpaired) electrons. The van der Waals surface area contributed by atoms with Gasteiger partial charge in [-0.3, -0.25) is 0 Å². The number of aliphatic hydroxyl groups is 1. The highest BCUT2D eigenvalue weighted by molar-refractivity contribution is 6.19. The van der Waals surface area contributed by atoms with Gasteiger partial charge in [-0.15, -0.1) is 5.01 Å². The Balaban J connectivity index is 2.27. The topological polar surface area (TPSA) is 68.3 Å². The minimum absolute atomic E-state index is 0.347. The molecule has 1 atom stereocenters. The molecule has 1 saturated heterocycles. The number of hydrogen-bond acceptors (Lipinski definition) is 3. The molecule has 0 aromatic heterocycles. The van der Waals surface area contributed by atoms with Gasteiger partial charge >= 0.3 is 0 Å². The summed E-state index contributed by atoms with van der Waals surface area (Å²) in [5.74, 6) is 0. The van der Waals surface area contributed by atoms with Gasteiger partial charge in [-0.25, -0.2) is 5.21 Å². The standard InChI is InChI=1S/C5H11ClN3O3/c1-4(6)12-7-9(11)8-2-5(10)3-8/h4-5,10H,2-3H2,1H3,(H,7,11)/q+1. The van der Waals surface area contributed by atoms with Crippen LogP contribution in [0.3, 0.4) is 0 Å². The van der Waals surface area contributed by atoms with Crippen molar-refractivity contribution in [2.75, 3.05) is 13.1 Å². The van der Waals surface area contributed by atoms with E-state index < -0.39 is 11.7 Å². The lowest BCUT2D eigenvalue weighted by Crippen LogP contribution is -2.54. The van der Waals surface area contributed by atoms with E-state index >= 15 is 0 Å². The highest BCUT2D eigenvalue weighted by Gasteiger charge is 2.35. The Morgan fingerprint density at radius 1 is 1.75 bits per heavy atom. The molecule has 0 saturated carbocycles. The summed E-state index contributed by atoms with van der Waals surface area (Å²) >= 11 is 5.39. The number of halogens is 1. The van der Waals surface area contributed by atoms with E-state index in [9.17, 15) is 0 Å². The fraction of sp³-hybridized carbons (Fsp3) is 1.00. The van der Waals surface area contributed by atoms with Gasteiger partial charge in [0, 0.05) is 0 Å². The molecular weight excluding hydrogens is 186 g/mol. The fourth-order valence-corrected chi connectivity index (χ4v) is 0.774. The van der Waals surface area contributed by atoms with E-state index in [4.69, 9.17) is 21.9 Å². The molecule has 1 unspecified atom stereocenters. The Hall–Kier alpha value is -0.750. The van der Waals surface area contributed by atoms with Crippen molar-refractivity contribution >= 4 is 11.6 Å². The van der Waals surface area contributed by atoms with Crippen molar-refractivity contribution < 1.29 is 20.1 Å². The molecule has 6 nitrogen and oxygen atoms in total. The van der Waals surface area contributed by atoms with Crippen LogP contribution in [0.2, 0.25) is 0 Å². The van der Waals surface area contributed by atoms with Crippen molar-refractivity contribution in [3.05, 3.63) is 0 Å². The highest BCUT2D eigenvalue weighted by atomic mass is 35.5. The first kappa shape index (κ1) is 9.34. The molecule has 1 fully saturated rings. The third-order valence-electron chi connectivity index (χ3n) is 1.36. The van der Waals surface area contributed by atoms with Crippen LogP contribution in [0, 0.1) is 0 Å². The summed E-state index contributed by atoms with van der Waals surface area (Å²) in [5.41, 5.74) is -0.592. The molecule has 2 N–H and O–H groups in total. The molecule has 70 valence electrons. The van der Waals surface area contributed by atoms with Crippen molar-refractivity contribution in [3.63, 3.8) is 0 Å². The Morgan fingerprint density at radius 2 is 2.33 bits per heavy atom. The maximum atomic E-state index is 9.03. The molecule has 1 aliphatic rings. The molecule has 0 aliphatic carbocycles. The number of aliphatic hydroxyl groups excluding tert-OH is 1. The van der Waals surface area contributed by atoms with E-state index in [1.807, 2.05) is 0 Å². The zero-order chi connectivity index (χ0) is 9.14. The Labute approximate surface area is 74.5 Å². The van der Waals surface area contributed by atoms with Crippen LogP contribution in [0.1, 0.15) is 6.92 Å². The average molecular weight is 197 g/mol. The molecule has 0 spiro atoms. The minimum Gasteiger partial charge on any atom is -0.389 e. The van der Waals surface area contributed by atoms with Gasteiger partial charge in [0.05, 0.1) is 0 Å². The summed E-state index contributed by atoms with van der Waals surface area (Å²) in [4.78, 5) is 5.07. The second-order valence-electron chi connectivity index (χ2n) is 2.52. The summed E-state index contributed by atoms with van der Waals surface area (Å²) in [6, 6.07) is 0. The van der Waals surface area contributed by atoms with Crippen molar-refractivity contribution in [2.45, 2.75) is 18.6 Å². The van der Waals surface area contributed by atoms with Crippen LogP contribution in [-0.2, 0) is 4.84 Å². The first-order valence-electron chi connectivity index (χ1n) is 3.52. The van der Waals surface area contributed by atoms with Gasteiger partial charge < -0.3 is 9.94 Å². The number of nitrogens with zero attached hydrogens (tertiary/aromatic N) is 3. The van der Waals surface area contributed by atoms with Gasteiger partial charge in [0.25, 0.3) is 10.2 Å². The highest BCUT2D eigenvalue weighted by Crippen LogP contribution is 2.07. The summed E-state index contributed by atoms with van der Waals surface area (Å²) in [6.45, 7) is 2.27. The predicted molar refractivity (Wildman–Crippen MR) is 38.5 cm³/mol. The van der Waals surface area contributed by atoms with Gasteiger partial charge in [-0.1, -0.05) is 11.6 Å². The number of hydrazine groups is 1. The summed E-state index contributed by atoms with van der Waals surface area (Å²) in [6.07, 6.45) is -0.400. The Morgan fingerprint density at radius 3 is 2.75 bits per heavy atom. The van der Waals surface area contributed by atoms with Gasteiger partial charge in [0.15, 0.2) is 0 Å². The van der Waals surface area contributed by atoms with Crippen molar-refractivity contribution in [3.8, 4) is 0 Å². The molecule has 0 amide bonds. The monoisotopic (exact) mass is 196 g/mol. The number of β-amino-alcohol motifs (C(OH)–C–C–N with tert-alkyl or cyclic N) is 1. The molecule has 12 heavy (non-hydrogen) atoms. The van der Waals surface area contributed by atoms with Crippen molar-refractivity contribution in [2.24, 2.45) is 5.28 Å². The third kappa shape index (κ3) is 2.38.